The van der Waals surface area contributed by atoms with Crippen LogP contribution in [0.3, 0.4) is 0 Å². The van der Waals surface area contributed by atoms with E-state index in [9.17, 15) is 10.2 Å². The summed E-state index contributed by atoms with van der Waals surface area (Å²) in [6.07, 6.45) is 2.73. The number of phenols is 2. The van der Waals surface area contributed by atoms with Crippen LogP contribution in [0.2, 0.25) is 0 Å². The van der Waals surface area contributed by atoms with Crippen LogP contribution in [0.5, 0.6) is 11.5 Å². The molecule has 0 bridgehead atoms. The monoisotopic (exact) mass is 386 g/mol. The second-order valence-corrected chi connectivity index (χ2v) is 7.33. The first-order valence-corrected chi connectivity index (χ1v) is 9.97. The molecule has 2 fully saturated rings. The van der Waals surface area contributed by atoms with E-state index in [1.165, 1.54) is 11.1 Å². The first-order chi connectivity index (χ1) is 13.6. The predicted molar refractivity (Wildman–Crippen MR) is 108 cm³/mol. The van der Waals surface area contributed by atoms with Crippen molar-refractivity contribution < 1.29 is 24.4 Å². The normalized spacial score (nSPS) is 20.2. The Balaban J connectivity index is 0.000000206. The fraction of sp³-hybridized carbons (Fsp3) is 0.478. The molecule has 28 heavy (non-hydrogen) atoms. The fourth-order valence-corrected chi connectivity index (χ4v) is 3.45. The minimum atomic E-state index is -0.0681. The third kappa shape index (κ3) is 5.47. The Kier molecular flexibility index (Phi) is 6.94. The standard InChI is InChI=1S/C17H20O2.C6H10O3/c1-3-17(4-2,13-5-9-15(18)10-6-13)14-7-11-16(19)12-8-14;1(5-3-8-5)7-2-6-4-9-6/h5-12,18-19H,3-4H2,1-2H3;5-6H,1-4H2. The lowest BCUT2D eigenvalue weighted by molar-refractivity contribution is 0.102. The summed E-state index contributed by atoms with van der Waals surface area (Å²) in [5, 5.41) is 18.9. The average molecular weight is 386 g/mol. The van der Waals surface area contributed by atoms with Crippen LogP contribution in [0, 0.1) is 0 Å². The molecule has 2 aliphatic rings. The molecule has 0 spiro atoms. The Morgan fingerprint density at radius 1 is 0.786 bits per heavy atom. The highest BCUT2D eigenvalue weighted by atomic mass is 16.6. The molecular weight excluding hydrogens is 356 g/mol. The average Bonchev–Trinajstić information content (AvgIpc) is 3.62. The highest BCUT2D eigenvalue weighted by Gasteiger charge is 2.30. The highest BCUT2D eigenvalue weighted by Crippen LogP contribution is 2.39. The van der Waals surface area contributed by atoms with Gasteiger partial charge in [-0.2, -0.15) is 0 Å². The SMILES string of the molecule is C(OCC1CO1)C1CO1.CCC(CC)(c1ccc(O)cc1)c1ccc(O)cc1. The fourth-order valence-electron chi connectivity index (χ4n) is 3.45. The molecule has 0 aromatic heterocycles. The molecule has 5 nitrogen and oxygen atoms in total. The molecule has 5 heteroatoms. The van der Waals surface area contributed by atoms with Gasteiger partial charge in [-0.3, -0.25) is 0 Å². The molecular formula is C23H30O5. The van der Waals surface area contributed by atoms with Gasteiger partial charge in [0.1, 0.15) is 23.7 Å². The van der Waals surface area contributed by atoms with E-state index in [0.29, 0.717) is 12.2 Å². The Labute approximate surface area is 166 Å². The van der Waals surface area contributed by atoms with Crippen molar-refractivity contribution in [1.82, 2.24) is 0 Å². The van der Waals surface area contributed by atoms with Crippen LogP contribution in [0.25, 0.3) is 0 Å². The number of hydrogen-bond donors (Lipinski definition) is 2. The van der Waals surface area contributed by atoms with Gasteiger partial charge in [-0.05, 0) is 48.2 Å². The summed E-state index contributed by atoms with van der Waals surface area (Å²) in [4.78, 5) is 0. The van der Waals surface area contributed by atoms with Crippen LogP contribution < -0.4 is 0 Å². The summed E-state index contributed by atoms with van der Waals surface area (Å²) >= 11 is 0. The summed E-state index contributed by atoms with van der Waals surface area (Å²) in [6.45, 7) is 7.60. The van der Waals surface area contributed by atoms with Gasteiger partial charge in [0.25, 0.3) is 0 Å². The topological polar surface area (TPSA) is 74.8 Å². The van der Waals surface area contributed by atoms with Crippen LogP contribution in [-0.2, 0) is 19.6 Å². The quantitative estimate of drug-likeness (QED) is 0.671. The maximum atomic E-state index is 9.44. The zero-order valence-electron chi connectivity index (χ0n) is 16.6. The van der Waals surface area contributed by atoms with Crippen molar-refractivity contribution in [3.63, 3.8) is 0 Å². The molecule has 2 aromatic rings. The van der Waals surface area contributed by atoms with Crippen molar-refractivity contribution >= 4 is 0 Å². The summed E-state index contributed by atoms with van der Waals surface area (Å²) in [6, 6.07) is 14.9. The lowest BCUT2D eigenvalue weighted by Gasteiger charge is -2.33. The van der Waals surface area contributed by atoms with Gasteiger partial charge in [-0.25, -0.2) is 0 Å². The zero-order chi connectivity index (χ0) is 20.0. The molecule has 2 atom stereocenters. The van der Waals surface area contributed by atoms with E-state index in [0.717, 1.165) is 39.3 Å². The van der Waals surface area contributed by atoms with Gasteiger partial charge in [-0.1, -0.05) is 38.1 Å². The largest absolute Gasteiger partial charge is 0.508 e. The molecule has 0 aliphatic carbocycles. The van der Waals surface area contributed by atoms with Gasteiger partial charge >= 0.3 is 0 Å². The predicted octanol–water partition coefficient (Wildman–Crippen LogP) is 4.00. The van der Waals surface area contributed by atoms with E-state index in [2.05, 4.69) is 13.8 Å². The number of epoxide rings is 2. The summed E-state index contributed by atoms with van der Waals surface area (Å²) in [5.74, 6) is 0.575. The molecule has 0 saturated carbocycles. The Bertz CT molecular complexity index is 654. The Hall–Kier alpha value is -2.08. The van der Waals surface area contributed by atoms with Gasteiger partial charge < -0.3 is 24.4 Å². The molecule has 4 rings (SSSR count). The lowest BCUT2D eigenvalue weighted by Crippen LogP contribution is -2.25. The van der Waals surface area contributed by atoms with Gasteiger partial charge in [0, 0.05) is 5.41 Å². The highest BCUT2D eigenvalue weighted by molar-refractivity contribution is 5.42. The number of hydrogen-bond acceptors (Lipinski definition) is 5. The summed E-state index contributed by atoms with van der Waals surface area (Å²) in [5.41, 5.74) is 2.32. The van der Waals surface area contributed by atoms with Crippen molar-refractivity contribution in [2.24, 2.45) is 0 Å². The van der Waals surface area contributed by atoms with Crippen molar-refractivity contribution in [2.45, 2.75) is 44.3 Å². The molecule has 2 unspecified atom stereocenters. The summed E-state index contributed by atoms with van der Waals surface area (Å²) < 4.78 is 15.1. The van der Waals surface area contributed by atoms with E-state index in [4.69, 9.17) is 14.2 Å². The second kappa shape index (κ2) is 9.41. The van der Waals surface area contributed by atoms with Crippen LogP contribution in [0.15, 0.2) is 48.5 Å². The van der Waals surface area contributed by atoms with Crippen LogP contribution >= 0.6 is 0 Å². The van der Waals surface area contributed by atoms with Crippen molar-refractivity contribution in [2.75, 3.05) is 26.4 Å². The van der Waals surface area contributed by atoms with Crippen LogP contribution in [0.4, 0.5) is 0 Å². The number of ether oxygens (including phenoxy) is 3. The van der Waals surface area contributed by atoms with Gasteiger partial charge in [0.05, 0.1) is 26.4 Å². The first kappa shape index (κ1) is 20.6. The van der Waals surface area contributed by atoms with Crippen molar-refractivity contribution in [3.05, 3.63) is 59.7 Å². The van der Waals surface area contributed by atoms with E-state index >= 15 is 0 Å². The molecule has 0 radical (unpaired) electrons. The van der Waals surface area contributed by atoms with Crippen LogP contribution in [0.1, 0.15) is 37.8 Å². The number of aromatic hydroxyl groups is 2. The molecule has 2 heterocycles. The molecule has 2 aromatic carbocycles. The van der Waals surface area contributed by atoms with Gasteiger partial charge in [-0.15, -0.1) is 0 Å². The van der Waals surface area contributed by atoms with E-state index in [-0.39, 0.29) is 16.9 Å². The van der Waals surface area contributed by atoms with Gasteiger partial charge in [0.15, 0.2) is 0 Å². The van der Waals surface area contributed by atoms with Crippen molar-refractivity contribution in [1.29, 1.82) is 0 Å². The minimum Gasteiger partial charge on any atom is -0.508 e. The minimum absolute atomic E-state index is 0.0681. The number of phenolic OH excluding ortho intramolecular Hbond substituents is 2. The molecule has 2 aliphatic heterocycles. The van der Waals surface area contributed by atoms with E-state index in [1.807, 2.05) is 24.3 Å². The maximum Gasteiger partial charge on any atom is 0.115 e. The molecule has 2 saturated heterocycles. The number of benzene rings is 2. The van der Waals surface area contributed by atoms with Crippen LogP contribution in [-0.4, -0.2) is 48.8 Å². The Morgan fingerprint density at radius 2 is 1.14 bits per heavy atom. The summed E-state index contributed by atoms with van der Waals surface area (Å²) in [7, 11) is 0. The van der Waals surface area contributed by atoms with E-state index < -0.39 is 0 Å². The lowest BCUT2D eigenvalue weighted by atomic mass is 9.70. The number of rotatable bonds is 8. The first-order valence-electron chi connectivity index (χ1n) is 9.97. The molecule has 2 N–H and O–H groups in total. The maximum absolute atomic E-state index is 9.44. The third-order valence-electron chi connectivity index (χ3n) is 5.46. The molecule has 0 amide bonds. The zero-order valence-corrected chi connectivity index (χ0v) is 16.6. The second-order valence-electron chi connectivity index (χ2n) is 7.33. The van der Waals surface area contributed by atoms with Gasteiger partial charge in [0.2, 0.25) is 0 Å². The molecule has 152 valence electrons. The third-order valence-corrected chi connectivity index (χ3v) is 5.46. The Morgan fingerprint density at radius 3 is 1.43 bits per heavy atom. The van der Waals surface area contributed by atoms with E-state index in [1.54, 1.807) is 24.3 Å². The smallest absolute Gasteiger partial charge is 0.115 e. The van der Waals surface area contributed by atoms with Crippen molar-refractivity contribution in [3.8, 4) is 11.5 Å².